The second-order valence-electron chi connectivity index (χ2n) is 1.19. The van der Waals surface area contributed by atoms with Gasteiger partial charge in [-0.2, -0.15) is 0 Å². The average molecular weight is 121 g/mol. The van der Waals surface area contributed by atoms with Gasteiger partial charge in [-0.3, -0.25) is 14.9 Å². The van der Waals surface area contributed by atoms with Gasteiger partial charge in [0.15, 0.2) is 0 Å². The minimum atomic E-state index is -0.329. The molecule has 8 heavy (non-hydrogen) atoms. The molecule has 0 fully saturated rings. The summed E-state index contributed by atoms with van der Waals surface area (Å²) in [5.41, 5.74) is 0. The molecule has 0 radical (unpaired) electrons. The molecule has 1 aliphatic heterocycles. The van der Waals surface area contributed by atoms with Crippen LogP contribution >= 0.6 is 0 Å². The first kappa shape index (κ1) is 7.88. The SMILES string of the molecule is O=C1C=CC(=O)N1.[NaH]. The summed E-state index contributed by atoms with van der Waals surface area (Å²) < 4.78 is 0. The van der Waals surface area contributed by atoms with Gasteiger partial charge in [-0.25, -0.2) is 0 Å². The predicted octanol–water partition coefficient (Wildman–Crippen LogP) is -1.45. The molecule has 0 bridgehead atoms. The Morgan fingerprint density at radius 2 is 1.50 bits per heavy atom. The van der Waals surface area contributed by atoms with Crippen LogP contribution in [-0.2, 0) is 9.59 Å². The van der Waals surface area contributed by atoms with E-state index in [1.54, 1.807) is 0 Å². The van der Waals surface area contributed by atoms with E-state index in [-0.39, 0.29) is 41.4 Å². The zero-order valence-corrected chi connectivity index (χ0v) is 3.47. The fourth-order valence-corrected chi connectivity index (χ4v) is 0.356. The van der Waals surface area contributed by atoms with Crippen LogP contribution in [0.5, 0.6) is 0 Å². The molecular formula is C4H4NNaO2. The number of carbonyl (C=O) groups excluding carboxylic acids is 2. The Kier molecular flexibility index (Phi) is 2.97. The van der Waals surface area contributed by atoms with Gasteiger partial charge in [-0.1, -0.05) is 0 Å². The van der Waals surface area contributed by atoms with Crippen molar-refractivity contribution in [2.24, 2.45) is 0 Å². The third-order valence-electron chi connectivity index (χ3n) is 0.632. The molecule has 1 heterocycles. The molecule has 3 nitrogen and oxygen atoms in total. The molecule has 0 saturated carbocycles. The molecular weight excluding hydrogens is 117 g/mol. The van der Waals surface area contributed by atoms with Crippen molar-refractivity contribution >= 4 is 41.4 Å². The molecule has 0 unspecified atom stereocenters. The van der Waals surface area contributed by atoms with Gasteiger partial charge in [0.05, 0.1) is 0 Å². The third-order valence-corrected chi connectivity index (χ3v) is 0.632. The molecule has 0 spiro atoms. The van der Waals surface area contributed by atoms with Crippen LogP contribution in [0.15, 0.2) is 12.2 Å². The van der Waals surface area contributed by atoms with E-state index in [1.807, 2.05) is 5.32 Å². The van der Waals surface area contributed by atoms with Crippen molar-refractivity contribution in [3.63, 3.8) is 0 Å². The van der Waals surface area contributed by atoms with E-state index in [0.717, 1.165) is 0 Å². The fraction of sp³-hybridized carbons (Fsp3) is 0. The number of hydrogen-bond donors (Lipinski definition) is 1. The van der Waals surface area contributed by atoms with Gasteiger partial charge in [-0.15, -0.1) is 0 Å². The Bertz CT molecular complexity index is 136. The van der Waals surface area contributed by atoms with Crippen LogP contribution in [0.4, 0.5) is 0 Å². The quantitative estimate of drug-likeness (QED) is 0.315. The van der Waals surface area contributed by atoms with E-state index in [0.29, 0.717) is 0 Å². The Hall–Kier alpha value is -0.120. The van der Waals surface area contributed by atoms with Gasteiger partial charge >= 0.3 is 29.6 Å². The van der Waals surface area contributed by atoms with Gasteiger partial charge in [0.25, 0.3) is 11.8 Å². The predicted molar refractivity (Wildman–Crippen MR) is 29.4 cm³/mol. The summed E-state index contributed by atoms with van der Waals surface area (Å²) in [5.74, 6) is -0.657. The number of carbonyl (C=O) groups is 2. The Morgan fingerprint density at radius 1 is 1.12 bits per heavy atom. The molecule has 0 aliphatic carbocycles. The van der Waals surface area contributed by atoms with Crippen LogP contribution in [0.1, 0.15) is 0 Å². The first-order valence-electron chi connectivity index (χ1n) is 1.82. The summed E-state index contributed by atoms with van der Waals surface area (Å²) in [6.45, 7) is 0. The molecule has 0 saturated heterocycles. The van der Waals surface area contributed by atoms with Crippen molar-refractivity contribution in [3.05, 3.63) is 12.2 Å². The summed E-state index contributed by atoms with van der Waals surface area (Å²) in [6.07, 6.45) is 2.39. The summed E-state index contributed by atoms with van der Waals surface area (Å²) in [4.78, 5) is 20.1. The maximum absolute atomic E-state index is 10.0. The van der Waals surface area contributed by atoms with Crippen LogP contribution in [0, 0.1) is 0 Å². The molecule has 4 heteroatoms. The minimum absolute atomic E-state index is 0. The summed E-state index contributed by atoms with van der Waals surface area (Å²) in [5, 5.41) is 2.03. The summed E-state index contributed by atoms with van der Waals surface area (Å²) >= 11 is 0. The first-order valence-corrected chi connectivity index (χ1v) is 1.82. The number of nitrogens with one attached hydrogen (secondary N) is 1. The van der Waals surface area contributed by atoms with Crippen LogP contribution in [0.2, 0.25) is 0 Å². The Balaban J connectivity index is 0.000000490. The summed E-state index contributed by atoms with van der Waals surface area (Å²) in [7, 11) is 0. The number of amides is 2. The van der Waals surface area contributed by atoms with E-state index in [1.165, 1.54) is 12.2 Å². The van der Waals surface area contributed by atoms with Crippen LogP contribution < -0.4 is 5.32 Å². The number of imide groups is 1. The molecule has 1 rings (SSSR count). The number of hydrogen-bond acceptors (Lipinski definition) is 2. The van der Waals surface area contributed by atoms with Gasteiger partial charge in [0.2, 0.25) is 0 Å². The standard InChI is InChI=1S/C4H3NO2.Na.H/c6-3-1-2-4(7)5-3;;/h1-2H,(H,5,6,7);;. The summed E-state index contributed by atoms with van der Waals surface area (Å²) in [6, 6.07) is 0. The average Bonchev–Trinajstić information content (AvgIpc) is 1.87. The van der Waals surface area contributed by atoms with Gasteiger partial charge in [0.1, 0.15) is 0 Å². The molecule has 38 valence electrons. The zero-order chi connectivity index (χ0) is 5.28. The van der Waals surface area contributed by atoms with Crippen molar-refractivity contribution in [2.75, 3.05) is 0 Å². The molecule has 0 aromatic heterocycles. The van der Waals surface area contributed by atoms with Crippen molar-refractivity contribution in [3.8, 4) is 0 Å². The van der Waals surface area contributed by atoms with Crippen molar-refractivity contribution in [2.45, 2.75) is 0 Å². The van der Waals surface area contributed by atoms with Crippen molar-refractivity contribution in [1.29, 1.82) is 0 Å². The van der Waals surface area contributed by atoms with E-state index in [4.69, 9.17) is 0 Å². The second-order valence-corrected chi connectivity index (χ2v) is 1.19. The fourth-order valence-electron chi connectivity index (χ4n) is 0.356. The molecule has 1 aliphatic rings. The van der Waals surface area contributed by atoms with Gasteiger partial charge in [-0.05, 0) is 0 Å². The molecule has 1 N–H and O–H groups in total. The molecule has 0 aromatic rings. The van der Waals surface area contributed by atoms with Gasteiger partial charge in [0, 0.05) is 12.2 Å². The van der Waals surface area contributed by atoms with Crippen LogP contribution in [0.25, 0.3) is 0 Å². The normalized spacial score (nSPS) is 15.5. The number of rotatable bonds is 0. The maximum atomic E-state index is 10.0. The molecule has 0 atom stereocenters. The first-order chi connectivity index (χ1) is 3.29. The molecule has 2 amide bonds. The van der Waals surface area contributed by atoms with Crippen LogP contribution in [0.3, 0.4) is 0 Å². The van der Waals surface area contributed by atoms with Crippen molar-refractivity contribution in [1.82, 2.24) is 5.32 Å². The van der Waals surface area contributed by atoms with E-state index in [9.17, 15) is 9.59 Å². The zero-order valence-electron chi connectivity index (χ0n) is 3.47. The van der Waals surface area contributed by atoms with E-state index >= 15 is 0 Å². The second kappa shape index (κ2) is 3.02. The third kappa shape index (κ3) is 1.78. The van der Waals surface area contributed by atoms with Crippen molar-refractivity contribution < 1.29 is 9.59 Å². The van der Waals surface area contributed by atoms with E-state index < -0.39 is 0 Å². The Morgan fingerprint density at radius 3 is 1.62 bits per heavy atom. The monoisotopic (exact) mass is 121 g/mol. The topological polar surface area (TPSA) is 46.2 Å². The Labute approximate surface area is 68.4 Å². The van der Waals surface area contributed by atoms with Crippen LogP contribution in [-0.4, -0.2) is 41.4 Å². The van der Waals surface area contributed by atoms with E-state index in [2.05, 4.69) is 0 Å². The van der Waals surface area contributed by atoms with Gasteiger partial charge < -0.3 is 0 Å². The molecule has 0 aromatic carbocycles.